The molecule has 204 valence electrons. The first-order valence-corrected chi connectivity index (χ1v) is 10.1. The maximum atomic E-state index is 9.00. The Bertz CT molecular complexity index is 594. The fraction of sp³-hybridized carbons (Fsp3) is 0.500. The number of carbonyl (C=O) groups is 5. The van der Waals surface area contributed by atoms with Crippen molar-refractivity contribution in [2.45, 2.75) is 60.0 Å². The van der Waals surface area contributed by atoms with E-state index in [9.17, 15) is 0 Å². The molecule has 13 nitrogen and oxygen atoms in total. The Kier molecular flexibility index (Phi) is 36.3. The molecule has 1 aromatic carbocycles. The molecule has 0 amide bonds. The summed E-state index contributed by atoms with van der Waals surface area (Å²) in [5.74, 6) is -4.17. The van der Waals surface area contributed by atoms with Crippen LogP contribution in [-0.4, -0.2) is 80.6 Å². The molecule has 10 N–H and O–H groups in total. The molecular formula is C22H41N3O10. The average Bonchev–Trinajstić information content (AvgIpc) is 2.59. The van der Waals surface area contributed by atoms with Gasteiger partial charge in [-0.05, 0) is 18.9 Å². The minimum absolute atomic E-state index is 0.158. The summed E-state index contributed by atoms with van der Waals surface area (Å²) < 4.78 is 0. The van der Waals surface area contributed by atoms with Crippen LogP contribution in [0.5, 0.6) is 0 Å². The lowest BCUT2D eigenvalue weighted by Crippen LogP contribution is -2.40. The first-order valence-electron chi connectivity index (χ1n) is 10.1. The van der Waals surface area contributed by atoms with Crippen molar-refractivity contribution in [3.8, 4) is 0 Å². The maximum Gasteiger partial charge on any atom is 0.300 e. The van der Waals surface area contributed by atoms with Crippen molar-refractivity contribution < 1.29 is 49.5 Å². The molecule has 35 heavy (non-hydrogen) atoms. The van der Waals surface area contributed by atoms with Gasteiger partial charge < -0.3 is 42.3 Å². The Morgan fingerprint density at radius 3 is 1.23 bits per heavy atom. The van der Waals surface area contributed by atoms with E-state index >= 15 is 0 Å². The Hall–Kier alpha value is -3.55. The Morgan fingerprint density at radius 2 is 0.971 bits per heavy atom. The van der Waals surface area contributed by atoms with Gasteiger partial charge in [-0.3, -0.25) is 24.0 Å². The van der Waals surface area contributed by atoms with Crippen LogP contribution in [0.2, 0.25) is 0 Å². The summed E-state index contributed by atoms with van der Waals surface area (Å²) in [5.41, 5.74) is 12.9. The fourth-order valence-electron chi connectivity index (χ4n) is 1.49. The van der Waals surface area contributed by atoms with Crippen LogP contribution >= 0.6 is 0 Å². The highest BCUT2D eigenvalue weighted by Gasteiger charge is 2.03. The summed E-state index contributed by atoms with van der Waals surface area (Å²) in [5, 5.41) is 40.3. The van der Waals surface area contributed by atoms with Crippen LogP contribution in [0.15, 0.2) is 30.3 Å². The van der Waals surface area contributed by atoms with Gasteiger partial charge in [-0.15, -0.1) is 0 Å². The predicted molar refractivity (Wildman–Crippen MR) is 131 cm³/mol. The molecule has 0 heterocycles. The van der Waals surface area contributed by atoms with Crippen molar-refractivity contribution in [1.29, 1.82) is 0 Å². The van der Waals surface area contributed by atoms with E-state index in [0.717, 1.165) is 54.1 Å². The van der Waals surface area contributed by atoms with Gasteiger partial charge in [0.1, 0.15) is 0 Å². The van der Waals surface area contributed by atoms with E-state index in [4.69, 9.17) is 61.0 Å². The standard InChI is InChI=1S/C12H21N3.5C2H4O2/c1-10(13)8-15-9-12(14)7-11-5-3-2-4-6-11;5*1-2(3)4/h2-6,10,12,15H,7-9,13-14H2,1H3;5*1H3,(H,3,4). The monoisotopic (exact) mass is 507 g/mol. The lowest BCUT2D eigenvalue weighted by atomic mass is 10.1. The van der Waals surface area contributed by atoms with Crippen LogP contribution in [0, 0.1) is 0 Å². The number of carboxylic acids is 5. The van der Waals surface area contributed by atoms with E-state index in [2.05, 4.69) is 17.4 Å². The SMILES string of the molecule is CC(=O)O.CC(=O)O.CC(=O)O.CC(=O)O.CC(=O)O.CC(N)CNCC(N)Cc1ccccc1. The van der Waals surface area contributed by atoms with E-state index < -0.39 is 29.8 Å². The molecule has 0 aliphatic heterocycles. The molecule has 0 radical (unpaired) electrons. The zero-order valence-corrected chi connectivity index (χ0v) is 21.1. The highest BCUT2D eigenvalue weighted by molar-refractivity contribution is 5.63. The van der Waals surface area contributed by atoms with Gasteiger partial charge in [0.15, 0.2) is 0 Å². The lowest BCUT2D eigenvalue weighted by Gasteiger charge is -2.14. The molecule has 0 aromatic heterocycles. The van der Waals surface area contributed by atoms with Crippen molar-refractivity contribution in [2.24, 2.45) is 11.5 Å². The van der Waals surface area contributed by atoms with E-state index in [1.807, 2.05) is 25.1 Å². The summed E-state index contributed by atoms with van der Waals surface area (Å²) in [7, 11) is 0. The van der Waals surface area contributed by atoms with E-state index in [-0.39, 0.29) is 12.1 Å². The van der Waals surface area contributed by atoms with Crippen molar-refractivity contribution in [3.05, 3.63) is 35.9 Å². The van der Waals surface area contributed by atoms with Crippen molar-refractivity contribution in [1.82, 2.24) is 5.32 Å². The van der Waals surface area contributed by atoms with Gasteiger partial charge >= 0.3 is 0 Å². The van der Waals surface area contributed by atoms with Crippen molar-refractivity contribution in [3.63, 3.8) is 0 Å². The van der Waals surface area contributed by atoms with Gasteiger partial charge in [-0.1, -0.05) is 30.3 Å². The number of aliphatic carboxylic acids is 5. The minimum atomic E-state index is -0.833. The van der Waals surface area contributed by atoms with E-state index in [1.54, 1.807) is 0 Å². The average molecular weight is 508 g/mol. The van der Waals surface area contributed by atoms with Crippen LogP contribution < -0.4 is 16.8 Å². The quantitative estimate of drug-likeness (QED) is 0.267. The molecule has 0 aliphatic carbocycles. The number of rotatable bonds is 6. The Morgan fingerprint density at radius 1 is 0.686 bits per heavy atom. The third-order valence-electron chi connectivity index (χ3n) is 2.21. The number of benzene rings is 1. The van der Waals surface area contributed by atoms with E-state index in [1.165, 1.54) is 5.56 Å². The molecule has 1 rings (SSSR count). The molecule has 13 heteroatoms. The second-order valence-electron chi connectivity index (χ2n) is 6.68. The van der Waals surface area contributed by atoms with Crippen LogP contribution in [0.25, 0.3) is 0 Å². The number of nitrogens with two attached hydrogens (primary N) is 2. The highest BCUT2D eigenvalue weighted by Crippen LogP contribution is 2.00. The summed E-state index contributed by atoms with van der Waals surface area (Å²) >= 11 is 0. The van der Waals surface area contributed by atoms with Gasteiger partial charge in [0.05, 0.1) is 0 Å². The topological polar surface area (TPSA) is 251 Å². The molecule has 0 saturated carbocycles. The fourth-order valence-corrected chi connectivity index (χ4v) is 1.49. The van der Waals surface area contributed by atoms with Gasteiger partial charge in [0, 0.05) is 59.8 Å². The lowest BCUT2D eigenvalue weighted by molar-refractivity contribution is -0.135. The molecule has 0 fully saturated rings. The highest BCUT2D eigenvalue weighted by atomic mass is 16.4. The van der Waals surface area contributed by atoms with Crippen LogP contribution in [0.3, 0.4) is 0 Å². The molecule has 0 bridgehead atoms. The Balaban J connectivity index is -0.000000123. The number of nitrogens with one attached hydrogen (secondary N) is 1. The molecule has 1 aromatic rings. The number of hydrogen-bond acceptors (Lipinski definition) is 8. The summed E-state index contributed by atoms with van der Waals surface area (Å²) in [6, 6.07) is 10.6. The van der Waals surface area contributed by atoms with Gasteiger partial charge in [0.2, 0.25) is 0 Å². The molecular weight excluding hydrogens is 466 g/mol. The maximum absolute atomic E-state index is 9.00. The summed E-state index contributed by atoms with van der Waals surface area (Å²) in [4.78, 5) is 45.0. The summed E-state index contributed by atoms with van der Waals surface area (Å²) in [6.45, 7) is 9.04. The van der Waals surface area contributed by atoms with Gasteiger partial charge in [-0.25, -0.2) is 0 Å². The molecule has 0 aliphatic rings. The van der Waals surface area contributed by atoms with Gasteiger partial charge in [-0.2, -0.15) is 0 Å². The zero-order chi connectivity index (χ0) is 29.0. The second-order valence-corrected chi connectivity index (χ2v) is 6.68. The van der Waals surface area contributed by atoms with Crippen molar-refractivity contribution in [2.75, 3.05) is 13.1 Å². The van der Waals surface area contributed by atoms with Crippen LogP contribution in [-0.2, 0) is 30.4 Å². The summed E-state index contributed by atoms with van der Waals surface area (Å²) in [6.07, 6.45) is 0.910. The molecule has 0 saturated heterocycles. The van der Waals surface area contributed by atoms with Crippen LogP contribution in [0.4, 0.5) is 0 Å². The largest absolute Gasteiger partial charge is 0.481 e. The molecule has 0 spiro atoms. The second kappa shape index (κ2) is 30.4. The number of hydrogen-bond donors (Lipinski definition) is 8. The van der Waals surface area contributed by atoms with Crippen molar-refractivity contribution >= 4 is 29.8 Å². The normalized spacial score (nSPS) is 9.94. The predicted octanol–water partition coefficient (Wildman–Crippen LogP) is 0.948. The molecule has 2 atom stereocenters. The van der Waals surface area contributed by atoms with Gasteiger partial charge in [0.25, 0.3) is 29.8 Å². The third-order valence-corrected chi connectivity index (χ3v) is 2.21. The first kappa shape index (κ1) is 41.7. The van der Waals surface area contributed by atoms with E-state index in [0.29, 0.717) is 0 Å². The minimum Gasteiger partial charge on any atom is -0.481 e. The number of carboxylic acid groups (broad SMARTS) is 5. The smallest absolute Gasteiger partial charge is 0.300 e. The van der Waals surface area contributed by atoms with Crippen LogP contribution in [0.1, 0.15) is 47.1 Å². The first-order chi connectivity index (χ1) is 15.8. The Labute approximate surface area is 205 Å². The molecule has 2 unspecified atom stereocenters. The third kappa shape index (κ3) is 118. The zero-order valence-electron chi connectivity index (χ0n) is 21.1.